The van der Waals surface area contributed by atoms with Crippen molar-refractivity contribution in [3.05, 3.63) is 0 Å². The van der Waals surface area contributed by atoms with E-state index in [1.165, 1.54) is 0 Å². The zero-order valence-corrected chi connectivity index (χ0v) is 11.1. The van der Waals surface area contributed by atoms with Gasteiger partial charge in [-0.05, 0) is 27.2 Å². The summed E-state index contributed by atoms with van der Waals surface area (Å²) in [6.07, 6.45) is 0.581. The maximum absolute atomic E-state index is 9.64. The zero-order chi connectivity index (χ0) is 12.4. The Labute approximate surface area is 99.3 Å². The van der Waals surface area contributed by atoms with E-state index in [0.717, 1.165) is 6.42 Å². The van der Waals surface area contributed by atoms with Crippen molar-refractivity contribution in [3.8, 4) is 0 Å². The molecule has 4 nitrogen and oxygen atoms in total. The van der Waals surface area contributed by atoms with E-state index < -0.39 is 6.10 Å². The predicted molar refractivity (Wildman–Crippen MR) is 65.7 cm³/mol. The van der Waals surface area contributed by atoms with E-state index in [1.807, 2.05) is 6.92 Å². The van der Waals surface area contributed by atoms with Crippen LogP contribution < -0.4 is 5.32 Å². The molecule has 0 aromatic rings. The first-order chi connectivity index (χ1) is 7.52. The summed E-state index contributed by atoms with van der Waals surface area (Å²) < 4.78 is 10.4. The minimum Gasteiger partial charge on any atom is -0.389 e. The van der Waals surface area contributed by atoms with Crippen LogP contribution in [0.3, 0.4) is 0 Å². The second-order valence-corrected chi connectivity index (χ2v) is 4.54. The largest absolute Gasteiger partial charge is 0.389 e. The lowest BCUT2D eigenvalue weighted by atomic mass is 10.0. The Morgan fingerprint density at radius 3 is 2.38 bits per heavy atom. The van der Waals surface area contributed by atoms with E-state index in [4.69, 9.17) is 9.47 Å². The van der Waals surface area contributed by atoms with E-state index >= 15 is 0 Å². The minimum absolute atomic E-state index is 0.0757. The molecule has 2 N–H and O–H groups in total. The summed E-state index contributed by atoms with van der Waals surface area (Å²) in [5, 5.41) is 12.9. The Morgan fingerprint density at radius 2 is 1.81 bits per heavy atom. The normalized spacial score (nSPS) is 14.1. The summed E-state index contributed by atoms with van der Waals surface area (Å²) >= 11 is 0. The summed E-state index contributed by atoms with van der Waals surface area (Å²) in [4.78, 5) is 0. The van der Waals surface area contributed by atoms with Gasteiger partial charge >= 0.3 is 0 Å². The lowest BCUT2D eigenvalue weighted by Crippen LogP contribution is -2.44. The highest BCUT2D eigenvalue weighted by molar-refractivity contribution is 4.76. The van der Waals surface area contributed by atoms with E-state index in [2.05, 4.69) is 26.1 Å². The third kappa shape index (κ3) is 9.09. The summed E-state index contributed by atoms with van der Waals surface area (Å²) in [5.41, 5.74) is 0.0757. The van der Waals surface area contributed by atoms with Crippen molar-refractivity contribution < 1.29 is 14.6 Å². The fraction of sp³-hybridized carbons (Fsp3) is 1.00. The van der Waals surface area contributed by atoms with Gasteiger partial charge in [-0.25, -0.2) is 0 Å². The highest BCUT2D eigenvalue weighted by Crippen LogP contribution is 2.06. The van der Waals surface area contributed by atoms with E-state index in [0.29, 0.717) is 33.0 Å². The number of β-amino-alcohol motifs (C(OH)–C–C–N with tert-alkyl or cyclic N) is 1. The van der Waals surface area contributed by atoms with Crippen LogP contribution in [-0.4, -0.2) is 49.7 Å². The van der Waals surface area contributed by atoms with E-state index in [1.54, 1.807) is 0 Å². The number of rotatable bonds is 10. The van der Waals surface area contributed by atoms with Crippen molar-refractivity contribution in [1.29, 1.82) is 0 Å². The number of hydrogen-bond donors (Lipinski definition) is 2. The van der Waals surface area contributed by atoms with Gasteiger partial charge in [-0.2, -0.15) is 0 Å². The number of ether oxygens (including phenoxy) is 2. The molecule has 98 valence electrons. The standard InChI is InChI=1S/C12H27NO3/c1-5-12(3,4)13-9-11(14)10-16-8-7-15-6-2/h11,13-14H,5-10H2,1-4H3. The molecule has 0 rings (SSSR count). The van der Waals surface area contributed by atoms with Crippen LogP contribution in [0.4, 0.5) is 0 Å². The van der Waals surface area contributed by atoms with E-state index in [9.17, 15) is 5.11 Å². The number of hydrogen-bond acceptors (Lipinski definition) is 4. The summed E-state index contributed by atoms with van der Waals surface area (Å²) in [6.45, 7) is 11.1. The summed E-state index contributed by atoms with van der Waals surface area (Å²) in [6, 6.07) is 0. The molecule has 0 fully saturated rings. The number of aliphatic hydroxyl groups excluding tert-OH is 1. The van der Waals surface area contributed by atoms with Crippen molar-refractivity contribution in [2.24, 2.45) is 0 Å². The Kier molecular flexibility index (Phi) is 8.84. The van der Waals surface area contributed by atoms with Crippen LogP contribution in [0, 0.1) is 0 Å². The van der Waals surface area contributed by atoms with Gasteiger partial charge in [0.05, 0.1) is 25.9 Å². The quantitative estimate of drug-likeness (QED) is 0.556. The van der Waals surface area contributed by atoms with Gasteiger partial charge in [0.25, 0.3) is 0 Å². The first-order valence-electron chi connectivity index (χ1n) is 6.10. The molecule has 0 spiro atoms. The van der Waals surface area contributed by atoms with Crippen molar-refractivity contribution in [1.82, 2.24) is 5.32 Å². The SMILES string of the molecule is CCOCCOCC(O)CNC(C)(C)CC. The first-order valence-corrected chi connectivity index (χ1v) is 6.10. The maximum Gasteiger partial charge on any atom is 0.0897 e. The molecular formula is C12H27NO3. The van der Waals surface area contributed by atoms with Gasteiger partial charge < -0.3 is 19.9 Å². The van der Waals surface area contributed by atoms with Crippen molar-refractivity contribution in [3.63, 3.8) is 0 Å². The highest BCUT2D eigenvalue weighted by Gasteiger charge is 2.15. The molecule has 0 bridgehead atoms. The Balaban J connectivity index is 3.41. The maximum atomic E-state index is 9.64. The average Bonchev–Trinajstić information content (AvgIpc) is 2.26. The number of nitrogens with one attached hydrogen (secondary N) is 1. The third-order valence-electron chi connectivity index (χ3n) is 2.59. The molecule has 0 amide bonds. The fourth-order valence-electron chi connectivity index (χ4n) is 1.06. The second-order valence-electron chi connectivity index (χ2n) is 4.54. The molecule has 16 heavy (non-hydrogen) atoms. The van der Waals surface area contributed by atoms with Gasteiger partial charge in [-0.3, -0.25) is 0 Å². The predicted octanol–water partition coefficient (Wildman–Crippen LogP) is 1.18. The van der Waals surface area contributed by atoms with Crippen LogP contribution in [0.1, 0.15) is 34.1 Å². The van der Waals surface area contributed by atoms with Gasteiger partial charge in [-0.15, -0.1) is 0 Å². The molecule has 0 radical (unpaired) electrons. The van der Waals surface area contributed by atoms with Crippen LogP contribution in [0.5, 0.6) is 0 Å². The molecule has 0 aromatic carbocycles. The van der Waals surface area contributed by atoms with Gasteiger partial charge in [0, 0.05) is 18.7 Å². The Hall–Kier alpha value is -0.160. The average molecular weight is 233 g/mol. The molecule has 0 saturated carbocycles. The molecule has 1 atom stereocenters. The smallest absolute Gasteiger partial charge is 0.0897 e. The fourth-order valence-corrected chi connectivity index (χ4v) is 1.06. The molecule has 1 unspecified atom stereocenters. The second kappa shape index (κ2) is 8.93. The van der Waals surface area contributed by atoms with Crippen molar-refractivity contribution in [2.45, 2.75) is 45.8 Å². The van der Waals surface area contributed by atoms with Gasteiger partial charge in [0.1, 0.15) is 0 Å². The van der Waals surface area contributed by atoms with E-state index in [-0.39, 0.29) is 5.54 Å². The molecule has 0 aliphatic carbocycles. The first kappa shape index (κ1) is 15.8. The monoisotopic (exact) mass is 233 g/mol. The third-order valence-corrected chi connectivity index (χ3v) is 2.59. The molecule has 0 heterocycles. The van der Waals surface area contributed by atoms with Crippen LogP contribution in [0.15, 0.2) is 0 Å². The molecule has 0 aromatic heterocycles. The molecular weight excluding hydrogens is 206 g/mol. The highest BCUT2D eigenvalue weighted by atomic mass is 16.5. The molecule has 0 saturated heterocycles. The van der Waals surface area contributed by atoms with Gasteiger partial charge in [0.2, 0.25) is 0 Å². The molecule has 0 aliphatic heterocycles. The topological polar surface area (TPSA) is 50.7 Å². The van der Waals surface area contributed by atoms with Crippen LogP contribution in [0.2, 0.25) is 0 Å². The molecule has 0 aliphatic rings. The zero-order valence-electron chi connectivity index (χ0n) is 11.1. The van der Waals surface area contributed by atoms with Crippen LogP contribution in [-0.2, 0) is 9.47 Å². The Morgan fingerprint density at radius 1 is 1.19 bits per heavy atom. The van der Waals surface area contributed by atoms with Crippen LogP contribution in [0.25, 0.3) is 0 Å². The summed E-state index contributed by atoms with van der Waals surface area (Å²) in [7, 11) is 0. The van der Waals surface area contributed by atoms with Crippen molar-refractivity contribution >= 4 is 0 Å². The minimum atomic E-state index is -0.451. The van der Waals surface area contributed by atoms with Gasteiger partial charge in [0.15, 0.2) is 0 Å². The van der Waals surface area contributed by atoms with Crippen LogP contribution >= 0.6 is 0 Å². The van der Waals surface area contributed by atoms with Crippen molar-refractivity contribution in [2.75, 3.05) is 33.0 Å². The van der Waals surface area contributed by atoms with Gasteiger partial charge in [-0.1, -0.05) is 6.92 Å². The lowest BCUT2D eigenvalue weighted by Gasteiger charge is -2.26. The molecule has 4 heteroatoms. The lowest BCUT2D eigenvalue weighted by molar-refractivity contribution is 0.00451. The summed E-state index contributed by atoms with van der Waals surface area (Å²) in [5.74, 6) is 0. The number of aliphatic hydroxyl groups is 1. The Bertz CT molecular complexity index is 162.